The third-order valence-corrected chi connectivity index (χ3v) is 8.31. The molecule has 0 fully saturated rings. The highest BCUT2D eigenvalue weighted by Crippen LogP contribution is 2.38. The smallest absolute Gasteiger partial charge is 0.181 e. The van der Waals surface area contributed by atoms with Crippen LogP contribution in [0.4, 0.5) is 4.39 Å². The Morgan fingerprint density at radius 2 is 1.91 bits per heavy atom. The van der Waals surface area contributed by atoms with Crippen molar-refractivity contribution in [3.05, 3.63) is 48.0 Å². The fraction of sp³-hybridized carbons (Fsp3) is 0.364. The van der Waals surface area contributed by atoms with E-state index in [1.54, 1.807) is 44.8 Å². The van der Waals surface area contributed by atoms with Crippen molar-refractivity contribution in [3.8, 4) is 28.6 Å². The molecule has 3 heterocycles. The Labute approximate surface area is 188 Å². The van der Waals surface area contributed by atoms with Gasteiger partial charge in [-0.15, -0.1) is 0 Å². The first-order valence-corrected chi connectivity index (χ1v) is 11.3. The van der Waals surface area contributed by atoms with Crippen LogP contribution in [0.1, 0.15) is 26.3 Å². The number of aliphatic imine (C=N–C) groups is 1. The molecule has 2 N–H and O–H groups in total. The van der Waals surface area contributed by atoms with E-state index in [1.165, 1.54) is 6.07 Å². The Hall–Kier alpha value is -3.14. The first-order valence-electron chi connectivity index (χ1n) is 9.98. The van der Waals surface area contributed by atoms with Gasteiger partial charge in [-0.1, -0.05) is 15.8 Å². The summed E-state index contributed by atoms with van der Waals surface area (Å²) < 4.78 is 29.7. The van der Waals surface area contributed by atoms with Crippen molar-refractivity contribution in [2.75, 3.05) is 19.9 Å². The van der Waals surface area contributed by atoms with Crippen LogP contribution in [0.25, 0.3) is 22.8 Å². The summed E-state index contributed by atoms with van der Waals surface area (Å²) in [5, 5.41) is 4.06. The van der Waals surface area contributed by atoms with Crippen LogP contribution >= 0.6 is 0 Å². The van der Waals surface area contributed by atoms with E-state index in [1.807, 2.05) is 20.8 Å². The van der Waals surface area contributed by atoms with Gasteiger partial charge in [0.25, 0.3) is 0 Å². The minimum Gasteiger partial charge on any atom is -0.494 e. The topological polar surface area (TPSA) is 112 Å². The van der Waals surface area contributed by atoms with Gasteiger partial charge in [0.2, 0.25) is 0 Å². The van der Waals surface area contributed by atoms with Gasteiger partial charge in [0, 0.05) is 30.0 Å². The molecule has 3 aromatic rings. The third-order valence-electron chi connectivity index (χ3n) is 5.65. The highest BCUT2D eigenvalue weighted by Gasteiger charge is 2.42. The lowest BCUT2D eigenvalue weighted by atomic mass is 9.91. The largest absolute Gasteiger partial charge is 0.494 e. The molecule has 168 valence electrons. The number of amidine groups is 1. The van der Waals surface area contributed by atoms with Crippen molar-refractivity contribution < 1.29 is 13.7 Å². The lowest BCUT2D eigenvalue weighted by Crippen LogP contribution is -2.51. The van der Waals surface area contributed by atoms with Crippen LogP contribution in [0, 0.1) is 5.82 Å². The lowest BCUT2D eigenvalue weighted by Gasteiger charge is -2.40. The maximum atomic E-state index is 15.0. The van der Waals surface area contributed by atoms with Gasteiger partial charge in [-0.25, -0.2) is 14.4 Å². The van der Waals surface area contributed by atoms with E-state index in [-0.39, 0.29) is 10.6 Å². The number of aromatic nitrogens is 3. The zero-order chi connectivity index (χ0) is 23.1. The molecule has 0 saturated carbocycles. The Kier molecular flexibility index (Phi) is 5.58. The summed E-state index contributed by atoms with van der Waals surface area (Å²) in [5.41, 5.74) is 7.03. The Balaban J connectivity index is 1.73. The number of hydrogen-bond acceptors (Lipinski definition) is 8. The van der Waals surface area contributed by atoms with Gasteiger partial charge in [-0.05, 0) is 39.0 Å². The molecule has 2 aromatic heterocycles. The van der Waals surface area contributed by atoms with Crippen LogP contribution in [-0.4, -0.2) is 45.6 Å². The van der Waals surface area contributed by atoms with Gasteiger partial charge in [0.05, 0.1) is 29.8 Å². The molecule has 2 atom stereocenters. The van der Waals surface area contributed by atoms with Gasteiger partial charge >= 0.3 is 0 Å². The summed E-state index contributed by atoms with van der Waals surface area (Å²) in [6, 6.07) is 6.51. The quantitative estimate of drug-likeness (QED) is 0.640. The number of halogens is 1. The van der Waals surface area contributed by atoms with Crippen molar-refractivity contribution in [2.24, 2.45) is 15.1 Å². The number of hydrogen-bond donors (Lipinski definition) is 1. The standard InChI is InChI=1S/C22H25FN6O2S/c1-21(2)20(24)28-22(3,12-32(21)25-4)15-8-13(6-7-16(15)23)18-9-17(29-31-18)19-26-10-14(30-5)11-27-19/h6-11H,12H2,1-5H3,(H2,24,28)/t22-,32+/m0/s1. The van der Waals surface area contributed by atoms with Gasteiger partial charge in [-0.2, -0.15) is 0 Å². The minimum atomic E-state index is -0.843. The van der Waals surface area contributed by atoms with Crippen LogP contribution in [0.5, 0.6) is 5.75 Å². The second-order valence-corrected chi connectivity index (χ2v) is 10.6. The number of methoxy groups -OCH3 is 1. The fourth-order valence-corrected chi connectivity index (χ4v) is 5.58. The summed E-state index contributed by atoms with van der Waals surface area (Å²) in [4.78, 5) is 13.2. The maximum absolute atomic E-state index is 15.0. The van der Waals surface area contributed by atoms with Gasteiger partial charge in [0.15, 0.2) is 23.0 Å². The molecular formula is C22H25FN6O2S. The highest BCUT2D eigenvalue weighted by molar-refractivity contribution is 7.89. The molecule has 0 saturated heterocycles. The van der Waals surface area contributed by atoms with Crippen LogP contribution < -0.4 is 10.5 Å². The zero-order valence-electron chi connectivity index (χ0n) is 18.6. The zero-order valence-corrected chi connectivity index (χ0v) is 19.4. The molecular weight excluding hydrogens is 431 g/mol. The molecule has 1 aromatic carbocycles. The average molecular weight is 457 g/mol. The fourth-order valence-electron chi connectivity index (χ4n) is 3.59. The van der Waals surface area contributed by atoms with Crippen LogP contribution in [0.15, 0.2) is 50.5 Å². The minimum absolute atomic E-state index is 0.356. The van der Waals surface area contributed by atoms with E-state index < -0.39 is 16.2 Å². The van der Waals surface area contributed by atoms with Crippen LogP contribution in [-0.2, 0) is 16.2 Å². The number of benzene rings is 1. The molecule has 10 heteroatoms. The number of nitrogens with two attached hydrogens (primary N) is 1. The highest BCUT2D eigenvalue weighted by atomic mass is 32.2. The van der Waals surface area contributed by atoms with E-state index in [9.17, 15) is 4.39 Å². The van der Waals surface area contributed by atoms with Crippen molar-refractivity contribution in [3.63, 3.8) is 0 Å². The SMILES string of the molecule is CN=[S@@]1C[C@@](C)(c2cc(-c3cc(-c4ncc(OC)cn4)no3)ccc2F)N=C(N)C1(C)C. The normalized spacial score (nSPS) is 22.6. The lowest BCUT2D eigenvalue weighted by molar-refractivity contribution is 0.410. The second-order valence-electron chi connectivity index (χ2n) is 8.19. The summed E-state index contributed by atoms with van der Waals surface area (Å²) in [6.07, 6.45) is 3.10. The predicted molar refractivity (Wildman–Crippen MR) is 123 cm³/mol. The molecule has 4 rings (SSSR count). The Morgan fingerprint density at radius 1 is 1.19 bits per heavy atom. The van der Waals surface area contributed by atoms with Gasteiger partial charge in [0.1, 0.15) is 11.7 Å². The second kappa shape index (κ2) is 8.09. The van der Waals surface area contributed by atoms with Crippen LogP contribution in [0.3, 0.4) is 0 Å². The summed E-state index contributed by atoms with van der Waals surface area (Å²) in [7, 11) is 2.91. The van der Waals surface area contributed by atoms with E-state index >= 15 is 0 Å². The predicted octanol–water partition coefficient (Wildman–Crippen LogP) is 3.74. The van der Waals surface area contributed by atoms with E-state index in [0.29, 0.717) is 45.7 Å². The third kappa shape index (κ3) is 3.79. The molecule has 0 aliphatic carbocycles. The number of rotatable bonds is 4. The van der Waals surface area contributed by atoms with E-state index in [4.69, 9.17) is 20.0 Å². The molecule has 0 unspecified atom stereocenters. The van der Waals surface area contributed by atoms with Crippen LogP contribution in [0.2, 0.25) is 0 Å². The van der Waals surface area contributed by atoms with Crippen molar-refractivity contribution in [1.82, 2.24) is 15.1 Å². The molecule has 1 aliphatic heterocycles. The number of ether oxygens (including phenoxy) is 1. The molecule has 0 radical (unpaired) electrons. The average Bonchev–Trinajstić information content (AvgIpc) is 3.27. The first kappa shape index (κ1) is 22.1. The molecule has 0 spiro atoms. The van der Waals surface area contributed by atoms with Gasteiger partial charge < -0.3 is 15.0 Å². The summed E-state index contributed by atoms with van der Waals surface area (Å²) in [5.74, 6) is 2.10. The molecule has 32 heavy (non-hydrogen) atoms. The van der Waals surface area contributed by atoms with Gasteiger partial charge in [-0.3, -0.25) is 9.36 Å². The molecule has 0 amide bonds. The molecule has 0 bridgehead atoms. The Bertz CT molecular complexity index is 1220. The summed E-state index contributed by atoms with van der Waals surface area (Å²) in [6.45, 7) is 5.93. The van der Waals surface area contributed by atoms with E-state index in [2.05, 4.69) is 19.5 Å². The maximum Gasteiger partial charge on any atom is 0.181 e. The summed E-state index contributed by atoms with van der Waals surface area (Å²) >= 11 is 0. The monoisotopic (exact) mass is 456 g/mol. The molecule has 8 nitrogen and oxygen atoms in total. The van der Waals surface area contributed by atoms with Crippen molar-refractivity contribution >= 4 is 16.5 Å². The first-order chi connectivity index (χ1) is 15.2. The van der Waals surface area contributed by atoms with Crippen molar-refractivity contribution in [2.45, 2.75) is 31.1 Å². The number of nitrogens with zero attached hydrogens (tertiary/aromatic N) is 5. The van der Waals surface area contributed by atoms with Crippen molar-refractivity contribution in [1.29, 1.82) is 0 Å². The molecule has 1 aliphatic rings. The van der Waals surface area contributed by atoms with E-state index in [0.717, 1.165) is 0 Å². The Morgan fingerprint density at radius 3 is 2.56 bits per heavy atom.